The molecule has 0 radical (unpaired) electrons. The number of hydrogen-bond acceptors (Lipinski definition) is 5. The lowest BCUT2D eigenvalue weighted by Gasteiger charge is -2.35. The van der Waals surface area contributed by atoms with Gasteiger partial charge >= 0.3 is 6.09 Å². The van der Waals surface area contributed by atoms with Crippen molar-refractivity contribution in [2.45, 2.75) is 59.6 Å². The molecule has 1 aliphatic rings. The molecule has 0 aliphatic carbocycles. The van der Waals surface area contributed by atoms with E-state index in [1.807, 2.05) is 32.5 Å². The summed E-state index contributed by atoms with van der Waals surface area (Å²) >= 11 is 0. The molecular weight excluding hydrogens is 394 g/mol. The number of amides is 1. The number of nitrogens with one attached hydrogen (secondary N) is 2. The second-order valence-electron chi connectivity index (χ2n) is 9.33. The fourth-order valence-corrected chi connectivity index (χ4v) is 3.71. The summed E-state index contributed by atoms with van der Waals surface area (Å²) in [6, 6.07) is 0.241. The zero-order valence-electron chi connectivity index (χ0n) is 20.6. The average Bonchev–Trinajstić information content (AvgIpc) is 2.92. The van der Waals surface area contributed by atoms with Crippen molar-refractivity contribution >= 4 is 12.1 Å². The lowest BCUT2D eigenvalue weighted by molar-refractivity contribution is 0.0147. The lowest BCUT2D eigenvalue weighted by atomic mass is 10.1. The van der Waals surface area contributed by atoms with Crippen LogP contribution in [0.3, 0.4) is 0 Å². The number of carbonyl (C=O) groups is 1. The standard InChI is InChI=1S/C22H41N7O2/c1-16(15-19-17(2)26-27(8)18(19)3)25-20(23-7)24-9-10-28-11-13-29(14-12-28)21(30)31-22(4,5)6/h16H,9-15H2,1-8H3,(H2,23,24,25). The van der Waals surface area contributed by atoms with Crippen molar-refractivity contribution in [1.82, 2.24) is 30.2 Å². The fraction of sp³-hybridized carbons (Fsp3) is 0.773. The van der Waals surface area contributed by atoms with E-state index >= 15 is 0 Å². The molecule has 2 rings (SSSR count). The smallest absolute Gasteiger partial charge is 0.410 e. The van der Waals surface area contributed by atoms with E-state index in [1.165, 1.54) is 11.3 Å². The topological polar surface area (TPSA) is 87.0 Å². The Labute approximate surface area is 187 Å². The molecule has 1 atom stereocenters. The van der Waals surface area contributed by atoms with Gasteiger partial charge in [0.2, 0.25) is 0 Å². The van der Waals surface area contributed by atoms with Crippen LogP contribution in [0.1, 0.15) is 44.6 Å². The van der Waals surface area contributed by atoms with Gasteiger partial charge in [-0.25, -0.2) is 4.79 Å². The van der Waals surface area contributed by atoms with Crippen molar-refractivity contribution < 1.29 is 9.53 Å². The van der Waals surface area contributed by atoms with E-state index in [1.54, 1.807) is 11.9 Å². The number of carbonyl (C=O) groups excluding carboxylic acids is 1. The Morgan fingerprint density at radius 3 is 2.39 bits per heavy atom. The SMILES string of the molecule is CN=C(NCCN1CCN(C(=O)OC(C)(C)C)CC1)NC(C)Cc1c(C)nn(C)c1C. The Balaban J connectivity index is 1.71. The number of nitrogens with zero attached hydrogens (tertiary/aromatic N) is 5. The zero-order valence-corrected chi connectivity index (χ0v) is 20.6. The first-order valence-electron chi connectivity index (χ1n) is 11.2. The molecule has 0 aromatic carbocycles. The Hall–Kier alpha value is -2.29. The maximum absolute atomic E-state index is 12.2. The first-order chi connectivity index (χ1) is 14.5. The number of ether oxygens (including phenoxy) is 1. The number of aliphatic imine (C=N–C) groups is 1. The van der Waals surface area contributed by atoms with Crippen LogP contribution in [0.5, 0.6) is 0 Å². The van der Waals surface area contributed by atoms with E-state index in [0.29, 0.717) is 13.1 Å². The van der Waals surface area contributed by atoms with Crippen LogP contribution in [-0.2, 0) is 18.2 Å². The van der Waals surface area contributed by atoms with E-state index in [4.69, 9.17) is 4.74 Å². The highest BCUT2D eigenvalue weighted by atomic mass is 16.6. The molecule has 1 unspecified atom stereocenters. The second kappa shape index (κ2) is 10.8. The maximum atomic E-state index is 12.2. The Bertz CT molecular complexity index is 759. The van der Waals surface area contributed by atoms with E-state index < -0.39 is 5.60 Å². The third-order valence-corrected chi connectivity index (χ3v) is 5.52. The van der Waals surface area contributed by atoms with Crippen LogP contribution in [-0.4, -0.2) is 89.6 Å². The molecule has 2 N–H and O–H groups in total. The van der Waals surface area contributed by atoms with E-state index in [2.05, 4.69) is 46.4 Å². The molecule has 0 spiro atoms. The molecule has 1 fully saturated rings. The average molecular weight is 436 g/mol. The quantitative estimate of drug-likeness (QED) is 0.522. The van der Waals surface area contributed by atoms with Crippen molar-refractivity contribution in [3.8, 4) is 0 Å². The minimum atomic E-state index is -0.452. The monoisotopic (exact) mass is 435 g/mol. The third-order valence-electron chi connectivity index (χ3n) is 5.52. The van der Waals surface area contributed by atoms with Gasteiger partial charge in [-0.05, 0) is 53.5 Å². The van der Waals surface area contributed by atoms with Crippen molar-refractivity contribution in [2.24, 2.45) is 12.0 Å². The van der Waals surface area contributed by atoms with E-state index in [0.717, 1.165) is 44.3 Å². The summed E-state index contributed by atoms with van der Waals surface area (Å²) in [6.07, 6.45) is 0.682. The highest BCUT2D eigenvalue weighted by Gasteiger charge is 2.25. The summed E-state index contributed by atoms with van der Waals surface area (Å²) in [4.78, 5) is 20.7. The van der Waals surface area contributed by atoms with E-state index in [9.17, 15) is 4.79 Å². The van der Waals surface area contributed by atoms with Crippen molar-refractivity contribution in [3.05, 3.63) is 17.0 Å². The molecule has 176 valence electrons. The van der Waals surface area contributed by atoms with Gasteiger partial charge in [-0.1, -0.05) is 0 Å². The van der Waals surface area contributed by atoms with Crippen LogP contribution < -0.4 is 10.6 Å². The third kappa shape index (κ3) is 7.72. The highest BCUT2D eigenvalue weighted by molar-refractivity contribution is 5.79. The number of rotatable bonds is 6. The van der Waals surface area contributed by atoms with Gasteiger partial charge in [0.05, 0.1) is 5.69 Å². The van der Waals surface area contributed by atoms with Gasteiger partial charge in [0.15, 0.2) is 5.96 Å². The second-order valence-corrected chi connectivity index (χ2v) is 9.33. The molecule has 1 aromatic rings. The first kappa shape index (κ1) is 25.0. The largest absolute Gasteiger partial charge is 0.444 e. The number of piperazine rings is 1. The molecule has 1 saturated heterocycles. The fourth-order valence-electron chi connectivity index (χ4n) is 3.71. The van der Waals surface area contributed by atoms with Gasteiger partial charge < -0.3 is 20.3 Å². The van der Waals surface area contributed by atoms with Gasteiger partial charge in [0.1, 0.15) is 5.60 Å². The van der Waals surface area contributed by atoms with Crippen LogP contribution in [0, 0.1) is 13.8 Å². The van der Waals surface area contributed by atoms with Crippen LogP contribution in [0.4, 0.5) is 4.79 Å². The molecule has 0 saturated carbocycles. The van der Waals surface area contributed by atoms with Gasteiger partial charge in [0.25, 0.3) is 0 Å². The van der Waals surface area contributed by atoms with Gasteiger partial charge in [-0.2, -0.15) is 5.10 Å². The number of hydrogen-bond donors (Lipinski definition) is 2. The number of guanidine groups is 1. The van der Waals surface area contributed by atoms with Crippen molar-refractivity contribution in [1.29, 1.82) is 0 Å². The summed E-state index contributed by atoms with van der Waals surface area (Å²) in [5, 5.41) is 11.4. The van der Waals surface area contributed by atoms with E-state index in [-0.39, 0.29) is 12.1 Å². The van der Waals surface area contributed by atoms with Crippen LogP contribution in [0.2, 0.25) is 0 Å². The van der Waals surface area contributed by atoms with Gasteiger partial charge in [-0.3, -0.25) is 14.6 Å². The summed E-state index contributed by atoms with van der Waals surface area (Å²) in [7, 11) is 3.78. The Morgan fingerprint density at radius 1 is 1.23 bits per heavy atom. The first-order valence-corrected chi connectivity index (χ1v) is 11.2. The molecular formula is C22H41N7O2. The predicted octanol–water partition coefficient (Wildman–Crippen LogP) is 1.69. The molecule has 1 aliphatic heterocycles. The van der Waals surface area contributed by atoms with Gasteiger partial charge in [0, 0.05) is 65.1 Å². The van der Waals surface area contributed by atoms with Crippen molar-refractivity contribution in [3.63, 3.8) is 0 Å². The molecule has 9 heteroatoms. The number of aryl methyl sites for hydroxylation is 2. The summed E-state index contributed by atoms with van der Waals surface area (Å²) < 4.78 is 7.40. The molecule has 1 amide bonds. The zero-order chi connectivity index (χ0) is 23.2. The Kier molecular flexibility index (Phi) is 8.73. The lowest BCUT2D eigenvalue weighted by Crippen LogP contribution is -2.52. The summed E-state index contributed by atoms with van der Waals surface area (Å²) in [6.45, 7) is 16.8. The maximum Gasteiger partial charge on any atom is 0.410 e. The minimum Gasteiger partial charge on any atom is -0.444 e. The summed E-state index contributed by atoms with van der Waals surface area (Å²) in [5.74, 6) is 0.805. The number of aromatic nitrogens is 2. The molecule has 2 heterocycles. The molecule has 9 nitrogen and oxygen atoms in total. The summed E-state index contributed by atoms with van der Waals surface area (Å²) in [5.41, 5.74) is 3.13. The van der Waals surface area contributed by atoms with Crippen LogP contribution >= 0.6 is 0 Å². The molecule has 1 aromatic heterocycles. The van der Waals surface area contributed by atoms with Crippen LogP contribution in [0.15, 0.2) is 4.99 Å². The normalized spacial score (nSPS) is 16.9. The highest BCUT2D eigenvalue weighted by Crippen LogP contribution is 2.14. The van der Waals surface area contributed by atoms with Crippen LogP contribution in [0.25, 0.3) is 0 Å². The minimum absolute atomic E-state index is 0.219. The molecule has 31 heavy (non-hydrogen) atoms. The predicted molar refractivity (Wildman–Crippen MR) is 125 cm³/mol. The van der Waals surface area contributed by atoms with Crippen molar-refractivity contribution in [2.75, 3.05) is 46.3 Å². The molecule has 0 bridgehead atoms. The Morgan fingerprint density at radius 2 is 1.87 bits per heavy atom. The van der Waals surface area contributed by atoms with Gasteiger partial charge in [-0.15, -0.1) is 0 Å².